The molecular weight excluding hydrogens is 250 g/mol. The van der Waals surface area contributed by atoms with E-state index in [1.807, 2.05) is 6.92 Å². The fraction of sp³-hybridized carbons (Fsp3) is 0.727. The summed E-state index contributed by atoms with van der Waals surface area (Å²) in [5.41, 5.74) is 5.13. The van der Waals surface area contributed by atoms with Crippen LogP contribution < -0.4 is 15.8 Å². The van der Waals surface area contributed by atoms with Crippen LogP contribution in [0.4, 0.5) is 11.9 Å². The molecule has 1 saturated heterocycles. The van der Waals surface area contributed by atoms with Crippen molar-refractivity contribution in [1.82, 2.24) is 15.0 Å². The third-order valence-electron chi connectivity index (χ3n) is 3.04. The van der Waals surface area contributed by atoms with Gasteiger partial charge in [0.2, 0.25) is 11.9 Å². The van der Waals surface area contributed by atoms with Crippen LogP contribution in [0.25, 0.3) is 0 Å². The molecule has 0 spiro atoms. The lowest BCUT2D eigenvalue weighted by atomic mass is 9.91. The van der Waals surface area contributed by atoms with Crippen molar-refractivity contribution in [2.75, 3.05) is 37.5 Å². The summed E-state index contributed by atoms with van der Waals surface area (Å²) in [6.07, 6.45) is 1.36. The van der Waals surface area contributed by atoms with Crippen LogP contribution in [0.3, 0.4) is 0 Å². The molecule has 19 heavy (non-hydrogen) atoms. The Morgan fingerprint density at radius 1 is 1.37 bits per heavy atom. The Bertz CT molecular complexity index is 423. The first-order valence-corrected chi connectivity index (χ1v) is 6.28. The normalized spacial score (nSPS) is 18.0. The lowest BCUT2D eigenvalue weighted by Crippen LogP contribution is -2.47. The van der Waals surface area contributed by atoms with Crippen LogP contribution in [-0.4, -0.2) is 52.0 Å². The van der Waals surface area contributed by atoms with Gasteiger partial charge in [-0.2, -0.15) is 15.0 Å². The summed E-state index contributed by atoms with van der Waals surface area (Å²) in [7, 11) is 0. The van der Waals surface area contributed by atoms with Crippen molar-refractivity contribution < 1.29 is 14.6 Å². The lowest BCUT2D eigenvalue weighted by molar-refractivity contribution is 0.0376. The summed E-state index contributed by atoms with van der Waals surface area (Å²) in [5, 5.41) is 12.7. The number of nitrogens with two attached hydrogens (primary N) is 1. The Kier molecular flexibility index (Phi) is 4.33. The summed E-state index contributed by atoms with van der Waals surface area (Å²) in [6, 6.07) is 0.178. The molecule has 106 valence electrons. The van der Waals surface area contributed by atoms with E-state index in [9.17, 15) is 5.11 Å². The molecule has 0 aromatic carbocycles. The number of hydrogen-bond acceptors (Lipinski definition) is 8. The van der Waals surface area contributed by atoms with Gasteiger partial charge < -0.3 is 25.6 Å². The van der Waals surface area contributed by atoms with E-state index in [-0.39, 0.29) is 18.6 Å². The van der Waals surface area contributed by atoms with Gasteiger partial charge in [-0.25, -0.2) is 0 Å². The fourth-order valence-electron chi connectivity index (χ4n) is 1.94. The predicted octanol–water partition coefficient (Wildman–Crippen LogP) is -0.194. The van der Waals surface area contributed by atoms with Crippen LogP contribution in [0.2, 0.25) is 0 Å². The van der Waals surface area contributed by atoms with E-state index in [0.717, 1.165) is 0 Å². The minimum Gasteiger partial charge on any atom is -0.464 e. The Balaban J connectivity index is 2.16. The van der Waals surface area contributed by atoms with Gasteiger partial charge in [0.1, 0.15) is 0 Å². The van der Waals surface area contributed by atoms with E-state index in [1.165, 1.54) is 0 Å². The predicted molar refractivity (Wildman–Crippen MR) is 68.9 cm³/mol. The summed E-state index contributed by atoms with van der Waals surface area (Å²) in [6.45, 7) is 3.44. The van der Waals surface area contributed by atoms with Gasteiger partial charge in [0.25, 0.3) is 0 Å². The molecule has 1 fully saturated rings. The fourth-order valence-corrected chi connectivity index (χ4v) is 1.94. The average molecular weight is 269 g/mol. The third-order valence-corrected chi connectivity index (χ3v) is 3.04. The first-order chi connectivity index (χ1) is 9.17. The van der Waals surface area contributed by atoms with E-state index in [0.29, 0.717) is 38.6 Å². The molecule has 8 nitrogen and oxygen atoms in total. The van der Waals surface area contributed by atoms with E-state index in [1.54, 1.807) is 0 Å². The topological polar surface area (TPSA) is 115 Å². The van der Waals surface area contributed by atoms with Crippen molar-refractivity contribution >= 4 is 11.9 Å². The number of nitrogen functional groups attached to an aromatic ring is 1. The van der Waals surface area contributed by atoms with Gasteiger partial charge >= 0.3 is 6.01 Å². The van der Waals surface area contributed by atoms with Gasteiger partial charge in [-0.3, -0.25) is 0 Å². The van der Waals surface area contributed by atoms with Crippen LogP contribution in [0.1, 0.15) is 19.8 Å². The molecule has 1 aromatic rings. The quantitative estimate of drug-likeness (QED) is 0.673. The van der Waals surface area contributed by atoms with Crippen molar-refractivity contribution in [3.05, 3.63) is 0 Å². The molecule has 0 amide bonds. The van der Waals surface area contributed by atoms with Crippen LogP contribution in [0.15, 0.2) is 0 Å². The van der Waals surface area contributed by atoms with Crippen molar-refractivity contribution in [3.63, 3.8) is 0 Å². The summed E-state index contributed by atoms with van der Waals surface area (Å²) < 4.78 is 10.5. The monoisotopic (exact) mass is 269 g/mol. The molecule has 4 N–H and O–H groups in total. The summed E-state index contributed by atoms with van der Waals surface area (Å²) in [4.78, 5) is 12.0. The highest BCUT2D eigenvalue weighted by atomic mass is 16.5. The van der Waals surface area contributed by atoms with E-state index in [2.05, 4.69) is 20.3 Å². The van der Waals surface area contributed by atoms with Gasteiger partial charge in [0, 0.05) is 13.2 Å². The highest BCUT2D eigenvalue weighted by Crippen LogP contribution is 2.24. The molecule has 8 heteroatoms. The second-order valence-electron chi connectivity index (χ2n) is 4.41. The molecule has 0 bridgehead atoms. The Morgan fingerprint density at radius 2 is 2.11 bits per heavy atom. The van der Waals surface area contributed by atoms with Crippen LogP contribution in [0.5, 0.6) is 6.01 Å². The minimum absolute atomic E-state index is 0.0219. The molecule has 1 aromatic heterocycles. The van der Waals surface area contributed by atoms with E-state index >= 15 is 0 Å². The number of aromatic nitrogens is 3. The molecule has 2 heterocycles. The van der Waals surface area contributed by atoms with Gasteiger partial charge in [0.15, 0.2) is 0 Å². The smallest absolute Gasteiger partial charge is 0.323 e. The first-order valence-electron chi connectivity index (χ1n) is 6.28. The zero-order valence-electron chi connectivity index (χ0n) is 10.9. The first kappa shape index (κ1) is 13.8. The third kappa shape index (κ3) is 3.42. The van der Waals surface area contributed by atoms with Crippen molar-refractivity contribution in [2.24, 2.45) is 0 Å². The summed E-state index contributed by atoms with van der Waals surface area (Å²) >= 11 is 0. The number of aliphatic hydroxyl groups excluding tert-OH is 1. The number of nitrogens with one attached hydrogen (secondary N) is 1. The minimum atomic E-state index is -0.477. The molecule has 0 aliphatic carbocycles. The second kappa shape index (κ2) is 5.98. The molecule has 0 saturated carbocycles. The SMILES string of the molecule is CCOc1nc(N)nc(NC2(CO)CCOCC2)n1. The van der Waals surface area contributed by atoms with Crippen molar-refractivity contribution in [2.45, 2.75) is 25.3 Å². The number of rotatable bonds is 5. The maximum Gasteiger partial charge on any atom is 0.323 e. The molecule has 1 aliphatic heterocycles. The van der Waals surface area contributed by atoms with Crippen LogP contribution in [-0.2, 0) is 4.74 Å². The van der Waals surface area contributed by atoms with E-state index < -0.39 is 5.54 Å². The second-order valence-corrected chi connectivity index (χ2v) is 4.41. The molecule has 0 atom stereocenters. The van der Waals surface area contributed by atoms with Gasteiger partial charge in [0.05, 0.1) is 18.8 Å². The van der Waals surface area contributed by atoms with Gasteiger partial charge in [-0.1, -0.05) is 0 Å². The highest BCUT2D eigenvalue weighted by molar-refractivity contribution is 5.35. The zero-order valence-corrected chi connectivity index (χ0v) is 10.9. The number of aliphatic hydroxyl groups is 1. The summed E-state index contributed by atoms with van der Waals surface area (Å²) in [5.74, 6) is 0.396. The molecule has 0 radical (unpaired) electrons. The molecule has 0 unspecified atom stereocenters. The van der Waals surface area contributed by atoms with E-state index in [4.69, 9.17) is 15.2 Å². The number of anilines is 2. The maximum atomic E-state index is 9.59. The van der Waals surface area contributed by atoms with Gasteiger partial charge in [-0.05, 0) is 19.8 Å². The van der Waals surface area contributed by atoms with Crippen LogP contribution in [0, 0.1) is 0 Å². The molecular formula is C11H19N5O3. The zero-order chi connectivity index (χ0) is 13.7. The number of ether oxygens (including phenoxy) is 2. The lowest BCUT2D eigenvalue weighted by Gasteiger charge is -2.36. The molecule has 1 aliphatic rings. The van der Waals surface area contributed by atoms with Crippen molar-refractivity contribution in [3.8, 4) is 6.01 Å². The Morgan fingerprint density at radius 3 is 2.74 bits per heavy atom. The van der Waals surface area contributed by atoms with Gasteiger partial charge in [-0.15, -0.1) is 0 Å². The highest BCUT2D eigenvalue weighted by Gasteiger charge is 2.32. The maximum absolute atomic E-state index is 9.59. The number of nitrogens with zero attached hydrogens (tertiary/aromatic N) is 3. The standard InChI is InChI=1S/C11H19N5O3/c1-2-19-10-14-8(12)13-9(15-10)16-11(7-17)3-5-18-6-4-11/h17H,2-7H2,1H3,(H3,12,13,14,15,16). The Labute approximate surface area is 111 Å². The van der Waals surface area contributed by atoms with Crippen LogP contribution >= 0.6 is 0 Å². The number of hydrogen-bond donors (Lipinski definition) is 3. The average Bonchev–Trinajstić information content (AvgIpc) is 2.39. The largest absolute Gasteiger partial charge is 0.464 e. The molecule has 2 rings (SSSR count). The Hall–Kier alpha value is -1.67. The van der Waals surface area contributed by atoms with Crippen molar-refractivity contribution in [1.29, 1.82) is 0 Å².